The highest BCUT2D eigenvalue weighted by atomic mass is 15.2. The average molecular weight is 240 g/mol. The van der Waals surface area contributed by atoms with E-state index in [4.69, 9.17) is 5.73 Å². The Morgan fingerprint density at radius 1 is 1.41 bits per heavy atom. The van der Waals surface area contributed by atoms with E-state index in [-0.39, 0.29) is 0 Å². The number of unbranched alkanes of at least 4 members (excludes halogenated alkanes) is 1. The van der Waals surface area contributed by atoms with Gasteiger partial charge in [-0.1, -0.05) is 33.6 Å². The van der Waals surface area contributed by atoms with E-state index in [2.05, 4.69) is 32.6 Å². The van der Waals surface area contributed by atoms with Gasteiger partial charge in [0.15, 0.2) is 0 Å². The second-order valence-corrected chi connectivity index (χ2v) is 5.91. The summed E-state index contributed by atoms with van der Waals surface area (Å²) in [5.74, 6) is 0.762. The molecule has 17 heavy (non-hydrogen) atoms. The Balaban J connectivity index is 2.84. The van der Waals surface area contributed by atoms with Gasteiger partial charge >= 0.3 is 0 Å². The molecular formula is C15H32N2. The van der Waals surface area contributed by atoms with E-state index >= 15 is 0 Å². The van der Waals surface area contributed by atoms with Gasteiger partial charge in [-0.15, -0.1) is 0 Å². The third-order valence-electron chi connectivity index (χ3n) is 4.97. The van der Waals surface area contributed by atoms with Crippen LogP contribution in [0.3, 0.4) is 0 Å². The van der Waals surface area contributed by atoms with Crippen LogP contribution in [-0.4, -0.2) is 29.6 Å². The van der Waals surface area contributed by atoms with Crippen molar-refractivity contribution in [2.75, 3.05) is 13.1 Å². The van der Waals surface area contributed by atoms with Crippen molar-refractivity contribution in [3.63, 3.8) is 0 Å². The van der Waals surface area contributed by atoms with Gasteiger partial charge in [-0.25, -0.2) is 0 Å². The van der Waals surface area contributed by atoms with Crippen LogP contribution in [0.4, 0.5) is 0 Å². The number of rotatable bonds is 7. The van der Waals surface area contributed by atoms with E-state index in [9.17, 15) is 0 Å². The highest BCUT2D eigenvalue weighted by Crippen LogP contribution is 2.41. The Hall–Kier alpha value is -0.0800. The summed E-state index contributed by atoms with van der Waals surface area (Å²) >= 11 is 0. The van der Waals surface area contributed by atoms with Crippen LogP contribution in [0.2, 0.25) is 0 Å². The van der Waals surface area contributed by atoms with Crippen molar-refractivity contribution in [2.45, 2.75) is 77.8 Å². The fraction of sp³-hybridized carbons (Fsp3) is 1.00. The molecule has 1 rings (SSSR count). The van der Waals surface area contributed by atoms with Gasteiger partial charge < -0.3 is 5.73 Å². The first kappa shape index (κ1) is 15.0. The van der Waals surface area contributed by atoms with Gasteiger partial charge in [0, 0.05) is 18.1 Å². The van der Waals surface area contributed by atoms with Crippen LogP contribution in [0.25, 0.3) is 0 Å². The number of hydrogen-bond donors (Lipinski definition) is 1. The Labute approximate surface area is 108 Å². The van der Waals surface area contributed by atoms with Crippen LogP contribution in [0.1, 0.15) is 66.2 Å². The first-order valence-corrected chi connectivity index (χ1v) is 7.59. The van der Waals surface area contributed by atoms with Gasteiger partial charge in [-0.3, -0.25) is 4.90 Å². The molecule has 2 nitrogen and oxygen atoms in total. The lowest BCUT2D eigenvalue weighted by Gasteiger charge is -2.47. The van der Waals surface area contributed by atoms with Gasteiger partial charge in [0.2, 0.25) is 0 Å². The fourth-order valence-electron chi connectivity index (χ4n) is 3.51. The first-order valence-electron chi connectivity index (χ1n) is 7.59. The predicted molar refractivity (Wildman–Crippen MR) is 76.2 cm³/mol. The maximum atomic E-state index is 6.18. The van der Waals surface area contributed by atoms with Gasteiger partial charge in [0.1, 0.15) is 0 Å². The van der Waals surface area contributed by atoms with Crippen molar-refractivity contribution in [3.8, 4) is 0 Å². The lowest BCUT2D eigenvalue weighted by Crippen LogP contribution is -2.58. The summed E-state index contributed by atoms with van der Waals surface area (Å²) < 4.78 is 0. The quantitative estimate of drug-likeness (QED) is 0.739. The molecule has 1 aliphatic rings. The van der Waals surface area contributed by atoms with Gasteiger partial charge in [0.05, 0.1) is 0 Å². The smallest absolute Gasteiger partial charge is 0.0360 e. The normalized spacial score (nSPS) is 31.1. The van der Waals surface area contributed by atoms with E-state index in [1.807, 2.05) is 0 Å². The van der Waals surface area contributed by atoms with Crippen molar-refractivity contribution < 1.29 is 0 Å². The summed E-state index contributed by atoms with van der Waals surface area (Å²) in [7, 11) is 0. The summed E-state index contributed by atoms with van der Waals surface area (Å²) in [4.78, 5) is 2.74. The number of hydrogen-bond acceptors (Lipinski definition) is 2. The molecule has 102 valence electrons. The van der Waals surface area contributed by atoms with E-state index in [0.29, 0.717) is 11.6 Å². The largest absolute Gasteiger partial charge is 0.329 e. The minimum absolute atomic E-state index is 0.296. The van der Waals surface area contributed by atoms with Crippen molar-refractivity contribution in [2.24, 2.45) is 11.7 Å². The van der Waals surface area contributed by atoms with Crippen LogP contribution in [0.5, 0.6) is 0 Å². The van der Waals surface area contributed by atoms with E-state index in [0.717, 1.165) is 12.5 Å². The SMILES string of the molecule is CCCCN(C(C)CC)C1(CN)CCCC1C. The zero-order chi connectivity index (χ0) is 12.9. The minimum atomic E-state index is 0.296. The van der Waals surface area contributed by atoms with Crippen LogP contribution in [0, 0.1) is 5.92 Å². The van der Waals surface area contributed by atoms with Crippen LogP contribution < -0.4 is 5.73 Å². The van der Waals surface area contributed by atoms with Crippen molar-refractivity contribution in [1.82, 2.24) is 4.90 Å². The summed E-state index contributed by atoms with van der Waals surface area (Å²) in [6.45, 7) is 11.4. The molecule has 0 bridgehead atoms. The molecule has 1 aliphatic carbocycles. The molecule has 2 N–H and O–H groups in total. The van der Waals surface area contributed by atoms with Gasteiger partial charge in [-0.2, -0.15) is 0 Å². The maximum Gasteiger partial charge on any atom is 0.0360 e. The van der Waals surface area contributed by atoms with E-state index in [1.54, 1.807) is 0 Å². The molecule has 0 radical (unpaired) electrons. The average Bonchev–Trinajstić information content (AvgIpc) is 2.72. The first-order chi connectivity index (χ1) is 8.12. The van der Waals surface area contributed by atoms with Gasteiger partial charge in [-0.05, 0) is 45.1 Å². The second-order valence-electron chi connectivity index (χ2n) is 5.91. The molecule has 0 amide bonds. The van der Waals surface area contributed by atoms with Gasteiger partial charge in [0.25, 0.3) is 0 Å². The number of nitrogens with two attached hydrogens (primary N) is 1. The molecule has 3 unspecified atom stereocenters. The van der Waals surface area contributed by atoms with Crippen molar-refractivity contribution in [1.29, 1.82) is 0 Å². The van der Waals surface area contributed by atoms with Crippen molar-refractivity contribution in [3.05, 3.63) is 0 Å². The molecule has 0 spiro atoms. The number of nitrogens with zero attached hydrogens (tertiary/aromatic N) is 1. The van der Waals surface area contributed by atoms with E-state index in [1.165, 1.54) is 45.1 Å². The molecule has 0 aromatic rings. The second kappa shape index (κ2) is 6.75. The Bertz CT molecular complexity index is 217. The molecule has 0 aromatic carbocycles. The lowest BCUT2D eigenvalue weighted by atomic mass is 9.84. The standard InChI is InChI=1S/C15H32N2/c1-5-7-11-17(14(4)6-2)15(12-16)10-8-9-13(15)3/h13-14H,5-12,16H2,1-4H3. The molecule has 1 fully saturated rings. The van der Waals surface area contributed by atoms with Crippen LogP contribution in [0.15, 0.2) is 0 Å². The predicted octanol–water partition coefficient (Wildman–Crippen LogP) is 3.40. The van der Waals surface area contributed by atoms with Crippen LogP contribution >= 0.6 is 0 Å². The molecule has 0 aliphatic heterocycles. The third kappa shape index (κ3) is 3.03. The lowest BCUT2D eigenvalue weighted by molar-refractivity contribution is 0.0261. The van der Waals surface area contributed by atoms with Crippen molar-refractivity contribution >= 4 is 0 Å². The Kier molecular flexibility index (Phi) is 5.94. The summed E-state index contributed by atoms with van der Waals surface area (Å²) in [6.07, 6.45) is 7.84. The van der Waals surface area contributed by atoms with Crippen LogP contribution in [-0.2, 0) is 0 Å². The summed E-state index contributed by atoms with van der Waals surface area (Å²) in [5, 5.41) is 0. The summed E-state index contributed by atoms with van der Waals surface area (Å²) in [6, 6.07) is 0.672. The molecular weight excluding hydrogens is 208 g/mol. The molecule has 0 saturated heterocycles. The molecule has 3 atom stereocenters. The zero-order valence-electron chi connectivity index (χ0n) is 12.3. The molecule has 2 heteroatoms. The molecule has 1 saturated carbocycles. The maximum absolute atomic E-state index is 6.18. The Morgan fingerprint density at radius 3 is 2.53 bits per heavy atom. The highest BCUT2D eigenvalue weighted by molar-refractivity contribution is 5.01. The fourth-order valence-corrected chi connectivity index (χ4v) is 3.51. The zero-order valence-corrected chi connectivity index (χ0v) is 12.3. The summed E-state index contributed by atoms with van der Waals surface area (Å²) in [5.41, 5.74) is 6.48. The van der Waals surface area contributed by atoms with E-state index < -0.39 is 0 Å². The Morgan fingerprint density at radius 2 is 2.12 bits per heavy atom. The molecule has 0 aromatic heterocycles. The topological polar surface area (TPSA) is 29.3 Å². The highest BCUT2D eigenvalue weighted by Gasteiger charge is 2.44. The minimum Gasteiger partial charge on any atom is -0.329 e. The monoisotopic (exact) mass is 240 g/mol. The molecule has 0 heterocycles. The third-order valence-corrected chi connectivity index (χ3v) is 4.97.